The van der Waals surface area contributed by atoms with E-state index in [0.717, 1.165) is 6.07 Å². The largest absolute Gasteiger partial charge is 0.486 e. The van der Waals surface area contributed by atoms with Crippen LogP contribution in [0.1, 0.15) is 30.2 Å². The van der Waals surface area contributed by atoms with Gasteiger partial charge in [-0.15, -0.1) is 0 Å². The molecule has 22 heavy (non-hydrogen) atoms. The van der Waals surface area contributed by atoms with Gasteiger partial charge < -0.3 is 14.0 Å². The highest BCUT2D eigenvalue weighted by Gasteiger charge is 2.28. The Morgan fingerprint density at radius 1 is 1.50 bits per heavy atom. The lowest BCUT2D eigenvalue weighted by Crippen LogP contribution is -2.27. The van der Waals surface area contributed by atoms with E-state index in [1.54, 1.807) is 18.4 Å². The molecule has 5 nitrogen and oxygen atoms in total. The maximum absolute atomic E-state index is 13.9. The van der Waals surface area contributed by atoms with Gasteiger partial charge in [0.2, 0.25) is 11.2 Å². The smallest absolute Gasteiger partial charge is 0.343 e. The number of carbonyl (C=O) groups is 1. The van der Waals surface area contributed by atoms with Crippen LogP contribution < -0.4 is 10.2 Å². The van der Waals surface area contributed by atoms with E-state index >= 15 is 0 Å². The molecule has 0 saturated carbocycles. The van der Waals surface area contributed by atoms with E-state index in [2.05, 4.69) is 0 Å². The Balaban J connectivity index is 2.42. The number of esters is 1. The number of benzene rings is 1. The highest BCUT2D eigenvalue weighted by molar-refractivity contribution is 5.95. The van der Waals surface area contributed by atoms with E-state index in [4.69, 9.17) is 9.47 Å². The van der Waals surface area contributed by atoms with Gasteiger partial charge in [-0.05, 0) is 19.9 Å². The summed E-state index contributed by atoms with van der Waals surface area (Å²) in [6, 6.07) is 0.547. The van der Waals surface area contributed by atoms with Crippen molar-refractivity contribution in [3.8, 4) is 5.75 Å². The van der Waals surface area contributed by atoms with E-state index < -0.39 is 23.0 Å². The monoisotopic (exact) mass is 309 g/mol. The van der Waals surface area contributed by atoms with Crippen LogP contribution in [0.4, 0.5) is 8.78 Å². The lowest BCUT2D eigenvalue weighted by molar-refractivity contribution is 0.0523. The molecule has 2 heterocycles. The number of hydrogen-bond donors (Lipinski definition) is 0. The molecule has 0 bridgehead atoms. The number of halogens is 2. The minimum absolute atomic E-state index is 0.105. The third-order valence-electron chi connectivity index (χ3n) is 3.61. The normalized spacial score (nSPS) is 16.5. The fourth-order valence-corrected chi connectivity index (χ4v) is 2.55. The van der Waals surface area contributed by atoms with Crippen molar-refractivity contribution in [1.82, 2.24) is 4.57 Å². The van der Waals surface area contributed by atoms with Gasteiger partial charge in [0.15, 0.2) is 11.6 Å². The van der Waals surface area contributed by atoms with Crippen LogP contribution in [0.3, 0.4) is 0 Å². The van der Waals surface area contributed by atoms with Gasteiger partial charge in [-0.25, -0.2) is 9.18 Å². The molecule has 1 unspecified atom stereocenters. The van der Waals surface area contributed by atoms with Crippen molar-refractivity contribution in [3.05, 3.63) is 39.7 Å². The quantitative estimate of drug-likeness (QED) is 0.799. The second-order valence-corrected chi connectivity index (χ2v) is 5.06. The molecule has 2 aromatic rings. The van der Waals surface area contributed by atoms with Crippen LogP contribution in [0.5, 0.6) is 5.75 Å². The van der Waals surface area contributed by atoms with Crippen LogP contribution in [0.25, 0.3) is 10.9 Å². The molecule has 0 spiro atoms. The zero-order chi connectivity index (χ0) is 16.0. The van der Waals surface area contributed by atoms with Crippen LogP contribution in [0.15, 0.2) is 17.1 Å². The van der Waals surface area contributed by atoms with E-state index in [1.807, 2.05) is 0 Å². The van der Waals surface area contributed by atoms with Crippen molar-refractivity contribution in [2.75, 3.05) is 13.2 Å². The lowest BCUT2D eigenvalue weighted by atomic mass is 10.1. The molecule has 0 amide bonds. The predicted octanol–water partition coefficient (Wildman–Crippen LogP) is 2.41. The summed E-state index contributed by atoms with van der Waals surface area (Å²) >= 11 is 0. The maximum Gasteiger partial charge on any atom is 0.343 e. The molecular formula is C15H13F2NO4. The van der Waals surface area contributed by atoms with Crippen LogP contribution in [-0.4, -0.2) is 23.8 Å². The number of pyridine rings is 1. The average Bonchev–Trinajstić information content (AvgIpc) is 2.48. The van der Waals surface area contributed by atoms with Gasteiger partial charge in [0.05, 0.1) is 23.6 Å². The molecule has 1 aromatic carbocycles. The molecule has 7 heteroatoms. The van der Waals surface area contributed by atoms with E-state index in [1.165, 1.54) is 6.20 Å². The van der Waals surface area contributed by atoms with Crippen LogP contribution in [0, 0.1) is 11.6 Å². The van der Waals surface area contributed by atoms with E-state index in [-0.39, 0.29) is 41.5 Å². The first kappa shape index (κ1) is 14.5. The fraction of sp³-hybridized carbons (Fsp3) is 0.333. The standard InChI is InChI=1S/C15H13F2NO4/c1-3-21-15(20)9-5-18-7(2)6-22-14-11(17)10(16)4-8(12(14)18)13(9)19/h4-5,7H,3,6H2,1-2H3. The topological polar surface area (TPSA) is 57.5 Å². The summed E-state index contributed by atoms with van der Waals surface area (Å²) in [5.74, 6) is -3.43. The first-order chi connectivity index (χ1) is 10.5. The number of hydrogen-bond acceptors (Lipinski definition) is 4. The fourth-order valence-electron chi connectivity index (χ4n) is 2.55. The van der Waals surface area contributed by atoms with Crippen LogP contribution >= 0.6 is 0 Å². The second-order valence-electron chi connectivity index (χ2n) is 5.06. The molecule has 3 rings (SSSR count). The van der Waals surface area contributed by atoms with Gasteiger partial charge in [-0.2, -0.15) is 4.39 Å². The number of carbonyl (C=O) groups excluding carboxylic acids is 1. The Bertz CT molecular complexity index is 844. The Hall–Kier alpha value is -2.44. The molecule has 116 valence electrons. The van der Waals surface area contributed by atoms with Crippen molar-refractivity contribution in [2.45, 2.75) is 19.9 Å². The maximum atomic E-state index is 13.9. The minimum Gasteiger partial charge on any atom is -0.486 e. The minimum atomic E-state index is -1.19. The Kier molecular flexibility index (Phi) is 3.35. The van der Waals surface area contributed by atoms with Crippen molar-refractivity contribution in [2.24, 2.45) is 0 Å². The van der Waals surface area contributed by atoms with Gasteiger partial charge in [0.25, 0.3) is 0 Å². The zero-order valence-electron chi connectivity index (χ0n) is 12.0. The molecule has 0 saturated heterocycles. The Labute approximate surface area is 124 Å². The molecule has 0 aliphatic carbocycles. The van der Waals surface area contributed by atoms with Gasteiger partial charge >= 0.3 is 5.97 Å². The number of rotatable bonds is 2. The third kappa shape index (κ3) is 1.96. The Morgan fingerprint density at radius 2 is 2.23 bits per heavy atom. The molecule has 1 aliphatic rings. The summed E-state index contributed by atoms with van der Waals surface area (Å²) in [6.45, 7) is 3.61. The zero-order valence-corrected chi connectivity index (χ0v) is 12.0. The summed E-state index contributed by atoms with van der Waals surface area (Å²) in [6.07, 6.45) is 1.32. The number of aromatic nitrogens is 1. The van der Waals surface area contributed by atoms with Crippen LogP contribution in [-0.2, 0) is 4.74 Å². The Morgan fingerprint density at radius 3 is 2.91 bits per heavy atom. The van der Waals surface area contributed by atoms with Crippen molar-refractivity contribution in [3.63, 3.8) is 0 Å². The molecule has 1 atom stereocenters. The van der Waals surface area contributed by atoms with Crippen molar-refractivity contribution >= 4 is 16.9 Å². The second kappa shape index (κ2) is 5.08. The average molecular weight is 309 g/mol. The lowest BCUT2D eigenvalue weighted by Gasteiger charge is -2.27. The highest BCUT2D eigenvalue weighted by Crippen LogP contribution is 2.35. The number of ether oxygens (including phenoxy) is 2. The molecule has 1 aromatic heterocycles. The summed E-state index contributed by atoms with van der Waals surface area (Å²) in [7, 11) is 0. The SMILES string of the molecule is CCOC(=O)c1cn2c3c(c(F)c(F)cc3c1=O)OCC2C. The molecule has 1 aliphatic heterocycles. The summed E-state index contributed by atoms with van der Waals surface area (Å²) in [5, 5.41) is -0.106. The predicted molar refractivity (Wildman–Crippen MR) is 74.3 cm³/mol. The van der Waals surface area contributed by atoms with E-state index in [0.29, 0.717) is 0 Å². The molecule has 0 N–H and O–H groups in total. The number of nitrogens with zero attached hydrogens (tertiary/aromatic N) is 1. The molecular weight excluding hydrogens is 296 g/mol. The van der Waals surface area contributed by atoms with Gasteiger partial charge in [0, 0.05) is 6.20 Å². The third-order valence-corrected chi connectivity index (χ3v) is 3.61. The van der Waals surface area contributed by atoms with E-state index in [9.17, 15) is 18.4 Å². The van der Waals surface area contributed by atoms with Gasteiger partial charge in [-0.3, -0.25) is 4.79 Å². The molecule has 0 radical (unpaired) electrons. The van der Waals surface area contributed by atoms with Crippen molar-refractivity contribution < 1.29 is 23.0 Å². The first-order valence-electron chi connectivity index (χ1n) is 6.82. The van der Waals surface area contributed by atoms with Gasteiger partial charge in [0.1, 0.15) is 12.2 Å². The summed E-state index contributed by atoms with van der Waals surface area (Å²) in [4.78, 5) is 24.3. The van der Waals surface area contributed by atoms with Gasteiger partial charge in [-0.1, -0.05) is 0 Å². The van der Waals surface area contributed by atoms with Crippen molar-refractivity contribution in [1.29, 1.82) is 0 Å². The first-order valence-corrected chi connectivity index (χ1v) is 6.82. The molecule has 0 fully saturated rings. The summed E-state index contributed by atoms with van der Waals surface area (Å²) < 4.78 is 39.2. The summed E-state index contributed by atoms with van der Waals surface area (Å²) in [5.41, 5.74) is -0.765. The van der Waals surface area contributed by atoms with Crippen LogP contribution in [0.2, 0.25) is 0 Å². The highest BCUT2D eigenvalue weighted by atomic mass is 19.2.